The molecule has 1 aliphatic rings. The third-order valence-electron chi connectivity index (χ3n) is 5.43. The maximum atomic E-state index is 13.2. The molecule has 3 aromatic carbocycles. The van der Waals surface area contributed by atoms with Crippen LogP contribution >= 0.6 is 11.6 Å². The molecule has 4 rings (SSSR count). The van der Waals surface area contributed by atoms with Gasteiger partial charge in [0.05, 0.1) is 18.2 Å². The highest BCUT2D eigenvalue weighted by Gasteiger charge is 2.47. The third kappa shape index (κ3) is 4.63. The van der Waals surface area contributed by atoms with Gasteiger partial charge in [-0.25, -0.2) is 0 Å². The molecule has 3 aromatic rings. The number of aliphatic hydroxyl groups excluding tert-OH is 1. The Bertz CT molecular complexity index is 1270. The number of rotatable bonds is 6. The molecule has 174 valence electrons. The molecule has 1 amide bonds. The van der Waals surface area contributed by atoms with Crippen molar-refractivity contribution in [3.05, 3.63) is 94.5 Å². The Labute approximate surface area is 202 Å². The summed E-state index contributed by atoms with van der Waals surface area (Å²) >= 11 is 6.15. The average Bonchev–Trinajstić information content (AvgIpc) is 3.08. The first-order valence-corrected chi connectivity index (χ1v) is 11.2. The van der Waals surface area contributed by atoms with Crippen LogP contribution < -0.4 is 9.64 Å². The van der Waals surface area contributed by atoms with E-state index in [4.69, 9.17) is 16.3 Å². The fourth-order valence-electron chi connectivity index (χ4n) is 3.85. The monoisotopic (exact) mass is 477 g/mol. The Morgan fingerprint density at radius 2 is 1.74 bits per heavy atom. The van der Waals surface area contributed by atoms with Gasteiger partial charge in [-0.3, -0.25) is 14.5 Å². The van der Waals surface area contributed by atoms with E-state index < -0.39 is 17.7 Å². The van der Waals surface area contributed by atoms with E-state index in [1.54, 1.807) is 60.7 Å². The number of aromatic hydroxyl groups is 1. The number of carbonyl (C=O) groups excluding carboxylic acids is 2. The molecule has 0 radical (unpaired) electrons. The normalized spacial score (nSPS) is 17.4. The Morgan fingerprint density at radius 3 is 2.41 bits per heavy atom. The second-order valence-electron chi connectivity index (χ2n) is 8.47. The number of hydrogen-bond donors (Lipinski definition) is 2. The SMILES string of the molecule is CC(C)COc1cccc(/C(O)=C2\C(=O)C(=O)N(c3cccc(Cl)c3)C2c2ccc(O)cc2)c1. The summed E-state index contributed by atoms with van der Waals surface area (Å²) in [5.41, 5.74) is 1.26. The summed E-state index contributed by atoms with van der Waals surface area (Å²) in [6, 6.07) is 18.6. The van der Waals surface area contributed by atoms with Crippen molar-refractivity contribution in [3.63, 3.8) is 0 Å². The van der Waals surface area contributed by atoms with Gasteiger partial charge in [-0.15, -0.1) is 0 Å². The molecule has 2 N–H and O–H groups in total. The zero-order valence-electron chi connectivity index (χ0n) is 18.7. The molecule has 34 heavy (non-hydrogen) atoms. The molecule has 1 aliphatic heterocycles. The van der Waals surface area contributed by atoms with Gasteiger partial charge in [-0.2, -0.15) is 0 Å². The minimum atomic E-state index is -0.917. The van der Waals surface area contributed by atoms with Gasteiger partial charge < -0.3 is 14.9 Å². The van der Waals surface area contributed by atoms with Gasteiger partial charge in [0, 0.05) is 16.3 Å². The zero-order chi connectivity index (χ0) is 24.4. The first-order chi connectivity index (χ1) is 16.3. The van der Waals surface area contributed by atoms with Crippen molar-refractivity contribution >= 4 is 34.7 Å². The van der Waals surface area contributed by atoms with Crippen molar-refractivity contribution in [2.24, 2.45) is 5.92 Å². The van der Waals surface area contributed by atoms with E-state index in [9.17, 15) is 19.8 Å². The van der Waals surface area contributed by atoms with Gasteiger partial charge in [0.25, 0.3) is 11.7 Å². The minimum Gasteiger partial charge on any atom is -0.508 e. The Balaban J connectivity index is 1.86. The number of ketones is 1. The van der Waals surface area contributed by atoms with Gasteiger partial charge in [0.15, 0.2) is 0 Å². The number of benzene rings is 3. The molecular weight excluding hydrogens is 454 g/mol. The molecule has 1 saturated heterocycles. The summed E-state index contributed by atoms with van der Waals surface area (Å²) < 4.78 is 5.76. The predicted molar refractivity (Wildman–Crippen MR) is 131 cm³/mol. The summed E-state index contributed by atoms with van der Waals surface area (Å²) in [6.45, 7) is 4.55. The summed E-state index contributed by atoms with van der Waals surface area (Å²) in [4.78, 5) is 27.7. The van der Waals surface area contributed by atoms with Crippen molar-refractivity contribution in [1.29, 1.82) is 0 Å². The van der Waals surface area contributed by atoms with Crippen molar-refractivity contribution in [2.75, 3.05) is 11.5 Å². The summed E-state index contributed by atoms with van der Waals surface area (Å²) in [6.07, 6.45) is 0. The molecule has 1 heterocycles. The molecular formula is C27H24ClNO5. The predicted octanol–water partition coefficient (Wildman–Crippen LogP) is 5.71. The van der Waals surface area contributed by atoms with Crippen LogP contribution in [0.25, 0.3) is 5.76 Å². The second-order valence-corrected chi connectivity index (χ2v) is 8.91. The van der Waals surface area contributed by atoms with Crippen LogP contribution in [0.4, 0.5) is 5.69 Å². The molecule has 1 atom stereocenters. The quantitative estimate of drug-likeness (QED) is 0.270. The molecule has 0 bridgehead atoms. The lowest BCUT2D eigenvalue weighted by atomic mass is 9.95. The van der Waals surface area contributed by atoms with Crippen molar-refractivity contribution in [2.45, 2.75) is 19.9 Å². The number of anilines is 1. The fraction of sp³-hybridized carbons (Fsp3) is 0.185. The van der Waals surface area contributed by atoms with Crippen LogP contribution in [0.3, 0.4) is 0 Å². The first-order valence-electron chi connectivity index (χ1n) is 10.8. The lowest BCUT2D eigenvalue weighted by molar-refractivity contribution is -0.132. The zero-order valence-corrected chi connectivity index (χ0v) is 19.5. The van der Waals surface area contributed by atoms with Gasteiger partial charge in [0.1, 0.15) is 17.3 Å². The molecule has 6 nitrogen and oxygen atoms in total. The smallest absolute Gasteiger partial charge is 0.300 e. The number of carbonyl (C=O) groups is 2. The first kappa shape index (κ1) is 23.4. The fourth-order valence-corrected chi connectivity index (χ4v) is 4.03. The molecule has 0 aromatic heterocycles. The Kier molecular flexibility index (Phi) is 6.61. The van der Waals surface area contributed by atoms with E-state index in [0.29, 0.717) is 40.1 Å². The number of halogens is 1. The van der Waals surface area contributed by atoms with Gasteiger partial charge in [-0.1, -0.05) is 55.8 Å². The average molecular weight is 478 g/mol. The summed E-state index contributed by atoms with van der Waals surface area (Å²) in [5, 5.41) is 21.4. The van der Waals surface area contributed by atoms with E-state index in [0.717, 1.165) is 0 Å². The third-order valence-corrected chi connectivity index (χ3v) is 5.67. The highest BCUT2D eigenvalue weighted by molar-refractivity contribution is 6.51. The summed E-state index contributed by atoms with van der Waals surface area (Å²) in [5.74, 6) is -1.01. The van der Waals surface area contributed by atoms with Gasteiger partial charge in [-0.05, 0) is 53.9 Å². The van der Waals surface area contributed by atoms with Gasteiger partial charge in [0.2, 0.25) is 0 Å². The second kappa shape index (κ2) is 9.61. The van der Waals surface area contributed by atoms with Crippen LogP contribution in [-0.2, 0) is 9.59 Å². The Hall–Kier alpha value is -3.77. The number of aliphatic hydroxyl groups is 1. The van der Waals surface area contributed by atoms with E-state index in [-0.39, 0.29) is 17.1 Å². The number of Topliss-reactive ketones (excluding diaryl/α,β-unsaturated/α-hetero) is 1. The summed E-state index contributed by atoms with van der Waals surface area (Å²) in [7, 11) is 0. The number of amides is 1. The van der Waals surface area contributed by atoms with Crippen LogP contribution in [0.15, 0.2) is 78.4 Å². The molecule has 0 aliphatic carbocycles. The van der Waals surface area contributed by atoms with Crippen LogP contribution in [0.2, 0.25) is 5.02 Å². The maximum Gasteiger partial charge on any atom is 0.300 e. The topological polar surface area (TPSA) is 87.1 Å². The minimum absolute atomic E-state index is 0.0402. The maximum absolute atomic E-state index is 13.2. The van der Waals surface area contributed by atoms with E-state index in [1.807, 2.05) is 13.8 Å². The number of phenols is 1. The van der Waals surface area contributed by atoms with Crippen molar-refractivity contribution < 1.29 is 24.5 Å². The van der Waals surface area contributed by atoms with Crippen LogP contribution in [0.5, 0.6) is 11.5 Å². The number of nitrogens with zero attached hydrogens (tertiary/aromatic N) is 1. The molecule has 1 unspecified atom stereocenters. The largest absolute Gasteiger partial charge is 0.508 e. The number of phenolic OH excluding ortho intramolecular Hbond substituents is 1. The lowest BCUT2D eigenvalue weighted by Gasteiger charge is -2.25. The van der Waals surface area contributed by atoms with Crippen LogP contribution in [-0.4, -0.2) is 28.5 Å². The van der Waals surface area contributed by atoms with Gasteiger partial charge >= 0.3 is 0 Å². The van der Waals surface area contributed by atoms with E-state index in [2.05, 4.69) is 0 Å². The molecule has 0 saturated carbocycles. The van der Waals surface area contributed by atoms with E-state index in [1.165, 1.54) is 17.0 Å². The lowest BCUT2D eigenvalue weighted by Crippen LogP contribution is -2.29. The van der Waals surface area contributed by atoms with E-state index >= 15 is 0 Å². The number of hydrogen-bond acceptors (Lipinski definition) is 5. The standard InChI is InChI=1S/C27H24ClNO5/c1-16(2)15-34-22-8-3-5-18(13-22)25(31)23-24(17-9-11-21(30)12-10-17)29(27(33)26(23)32)20-7-4-6-19(28)14-20/h3-14,16,24,30-31H,15H2,1-2H3/b25-23+. The molecule has 0 spiro atoms. The highest BCUT2D eigenvalue weighted by atomic mass is 35.5. The van der Waals surface area contributed by atoms with Crippen molar-refractivity contribution in [1.82, 2.24) is 0 Å². The molecule has 7 heteroatoms. The number of ether oxygens (including phenoxy) is 1. The van der Waals surface area contributed by atoms with Crippen molar-refractivity contribution in [3.8, 4) is 11.5 Å². The Morgan fingerprint density at radius 1 is 1.03 bits per heavy atom. The molecule has 1 fully saturated rings. The highest BCUT2D eigenvalue weighted by Crippen LogP contribution is 2.43. The van der Waals surface area contributed by atoms with Crippen LogP contribution in [0, 0.1) is 5.92 Å². The van der Waals surface area contributed by atoms with Crippen LogP contribution in [0.1, 0.15) is 31.0 Å².